The molecule has 18 heavy (non-hydrogen) atoms. The number of nitrogens with one attached hydrogen (secondary N) is 1. The molecule has 3 heteroatoms. The van der Waals surface area contributed by atoms with Gasteiger partial charge in [0, 0.05) is 17.3 Å². The molecular weight excluding hydrogens is 290 g/mol. The highest BCUT2D eigenvalue weighted by molar-refractivity contribution is 9.09. The predicted octanol–water partition coefficient (Wildman–Crippen LogP) is 4.27. The standard InChI is InChI=1S/C15H28BrNO/c1-3-7-12(8-4-2)15(18)17-11-13-9-5-6-10-14(13)16/h12-14H,3-11H2,1-2H3,(H,17,18). The molecule has 0 bridgehead atoms. The predicted molar refractivity (Wildman–Crippen MR) is 81.0 cm³/mol. The zero-order valence-corrected chi connectivity index (χ0v) is 13.5. The zero-order chi connectivity index (χ0) is 13.4. The Bertz CT molecular complexity index is 239. The van der Waals surface area contributed by atoms with E-state index in [4.69, 9.17) is 0 Å². The van der Waals surface area contributed by atoms with Gasteiger partial charge < -0.3 is 5.32 Å². The fourth-order valence-electron chi connectivity index (χ4n) is 2.87. The molecule has 1 rings (SSSR count). The summed E-state index contributed by atoms with van der Waals surface area (Å²) in [7, 11) is 0. The summed E-state index contributed by atoms with van der Waals surface area (Å²) in [6.45, 7) is 5.18. The Labute approximate surface area is 120 Å². The van der Waals surface area contributed by atoms with Gasteiger partial charge in [0.2, 0.25) is 5.91 Å². The van der Waals surface area contributed by atoms with Crippen LogP contribution in [0.3, 0.4) is 0 Å². The molecule has 0 aliphatic heterocycles. The Kier molecular flexibility index (Phi) is 7.96. The maximum Gasteiger partial charge on any atom is 0.223 e. The Morgan fingerprint density at radius 2 is 1.83 bits per heavy atom. The number of amides is 1. The molecule has 1 N–H and O–H groups in total. The van der Waals surface area contributed by atoms with E-state index in [0.29, 0.717) is 10.7 Å². The van der Waals surface area contributed by atoms with Crippen LogP contribution in [0, 0.1) is 11.8 Å². The summed E-state index contributed by atoms with van der Waals surface area (Å²) in [5, 5.41) is 3.18. The summed E-state index contributed by atoms with van der Waals surface area (Å²) >= 11 is 3.75. The van der Waals surface area contributed by atoms with Crippen LogP contribution in [0.25, 0.3) is 0 Å². The molecule has 0 spiro atoms. The van der Waals surface area contributed by atoms with Gasteiger partial charge >= 0.3 is 0 Å². The smallest absolute Gasteiger partial charge is 0.223 e. The molecule has 2 atom stereocenters. The maximum absolute atomic E-state index is 12.1. The van der Waals surface area contributed by atoms with Crippen LogP contribution in [-0.2, 0) is 4.79 Å². The van der Waals surface area contributed by atoms with Crippen molar-refractivity contribution in [2.45, 2.75) is 70.0 Å². The van der Waals surface area contributed by atoms with Crippen molar-refractivity contribution in [3.63, 3.8) is 0 Å². The number of halogens is 1. The van der Waals surface area contributed by atoms with Gasteiger partial charge in [0.25, 0.3) is 0 Å². The average molecular weight is 318 g/mol. The minimum atomic E-state index is 0.234. The number of carbonyl (C=O) groups excluding carboxylic acids is 1. The van der Waals surface area contributed by atoms with Gasteiger partial charge in [0.05, 0.1) is 0 Å². The molecule has 1 saturated carbocycles. The van der Waals surface area contributed by atoms with Crippen LogP contribution in [0.4, 0.5) is 0 Å². The highest BCUT2D eigenvalue weighted by Crippen LogP contribution is 2.29. The first-order valence-electron chi connectivity index (χ1n) is 7.60. The summed E-state index contributed by atoms with van der Waals surface area (Å²) in [4.78, 5) is 12.7. The molecule has 0 heterocycles. The van der Waals surface area contributed by atoms with E-state index >= 15 is 0 Å². The Morgan fingerprint density at radius 3 is 2.39 bits per heavy atom. The van der Waals surface area contributed by atoms with Crippen LogP contribution in [-0.4, -0.2) is 17.3 Å². The number of hydrogen-bond acceptors (Lipinski definition) is 1. The van der Waals surface area contributed by atoms with Crippen LogP contribution >= 0.6 is 15.9 Å². The summed E-state index contributed by atoms with van der Waals surface area (Å²) in [6, 6.07) is 0. The van der Waals surface area contributed by atoms with Gasteiger partial charge in [-0.3, -0.25) is 4.79 Å². The molecule has 2 nitrogen and oxygen atoms in total. The Balaban J connectivity index is 2.33. The summed E-state index contributed by atoms with van der Waals surface area (Å²) < 4.78 is 0. The molecule has 0 saturated heterocycles. The first kappa shape index (κ1) is 16.0. The van der Waals surface area contributed by atoms with Crippen molar-refractivity contribution >= 4 is 21.8 Å². The summed E-state index contributed by atoms with van der Waals surface area (Å²) in [6.07, 6.45) is 9.41. The second-order valence-electron chi connectivity index (χ2n) is 5.58. The molecule has 0 aromatic heterocycles. The van der Waals surface area contributed by atoms with Crippen LogP contribution in [0.15, 0.2) is 0 Å². The lowest BCUT2D eigenvalue weighted by atomic mass is 9.89. The molecule has 1 aliphatic carbocycles. The van der Waals surface area contributed by atoms with E-state index in [-0.39, 0.29) is 11.8 Å². The van der Waals surface area contributed by atoms with E-state index in [9.17, 15) is 4.79 Å². The van der Waals surface area contributed by atoms with Gasteiger partial charge in [0.1, 0.15) is 0 Å². The molecule has 0 radical (unpaired) electrons. The monoisotopic (exact) mass is 317 g/mol. The van der Waals surface area contributed by atoms with Gasteiger partial charge in [-0.15, -0.1) is 0 Å². The van der Waals surface area contributed by atoms with E-state index < -0.39 is 0 Å². The lowest BCUT2D eigenvalue weighted by Crippen LogP contribution is -2.37. The molecule has 1 amide bonds. The lowest BCUT2D eigenvalue weighted by Gasteiger charge is -2.28. The second-order valence-corrected chi connectivity index (χ2v) is 6.76. The Morgan fingerprint density at radius 1 is 1.22 bits per heavy atom. The van der Waals surface area contributed by atoms with Crippen LogP contribution in [0.5, 0.6) is 0 Å². The van der Waals surface area contributed by atoms with E-state index in [2.05, 4.69) is 35.1 Å². The first-order valence-corrected chi connectivity index (χ1v) is 8.52. The minimum Gasteiger partial charge on any atom is -0.356 e. The lowest BCUT2D eigenvalue weighted by molar-refractivity contribution is -0.125. The van der Waals surface area contributed by atoms with Gasteiger partial charge in [-0.05, 0) is 31.6 Å². The second kappa shape index (κ2) is 8.95. The van der Waals surface area contributed by atoms with Gasteiger partial charge in [-0.25, -0.2) is 0 Å². The summed E-state index contributed by atoms with van der Waals surface area (Å²) in [5.41, 5.74) is 0. The van der Waals surface area contributed by atoms with E-state index in [1.807, 2.05) is 0 Å². The molecular formula is C15H28BrNO. The van der Waals surface area contributed by atoms with Crippen molar-refractivity contribution in [1.29, 1.82) is 0 Å². The third-order valence-electron chi connectivity index (χ3n) is 4.00. The molecule has 0 aromatic carbocycles. The molecule has 2 unspecified atom stereocenters. The third-order valence-corrected chi connectivity index (χ3v) is 5.21. The van der Waals surface area contributed by atoms with Crippen molar-refractivity contribution in [2.75, 3.05) is 6.54 Å². The number of alkyl halides is 1. The fraction of sp³-hybridized carbons (Fsp3) is 0.933. The SMILES string of the molecule is CCCC(CCC)C(=O)NCC1CCCCC1Br. The van der Waals surface area contributed by atoms with Gasteiger partial charge in [-0.1, -0.05) is 55.5 Å². The van der Waals surface area contributed by atoms with Crippen molar-refractivity contribution in [2.24, 2.45) is 11.8 Å². The number of rotatable bonds is 7. The highest BCUT2D eigenvalue weighted by atomic mass is 79.9. The fourth-order valence-corrected chi connectivity index (χ4v) is 3.65. The Hall–Kier alpha value is -0.0500. The molecule has 106 valence electrons. The normalized spacial score (nSPS) is 24.2. The molecule has 1 aliphatic rings. The topological polar surface area (TPSA) is 29.1 Å². The first-order chi connectivity index (χ1) is 8.69. The number of hydrogen-bond donors (Lipinski definition) is 1. The van der Waals surface area contributed by atoms with E-state index in [1.165, 1.54) is 25.7 Å². The van der Waals surface area contributed by atoms with Crippen molar-refractivity contribution in [3.8, 4) is 0 Å². The maximum atomic E-state index is 12.1. The minimum absolute atomic E-state index is 0.234. The molecule has 0 aromatic rings. The number of carbonyl (C=O) groups is 1. The van der Waals surface area contributed by atoms with Gasteiger partial charge in [0.15, 0.2) is 0 Å². The van der Waals surface area contributed by atoms with E-state index in [1.54, 1.807) is 0 Å². The molecule has 1 fully saturated rings. The quantitative estimate of drug-likeness (QED) is 0.698. The van der Waals surface area contributed by atoms with E-state index in [0.717, 1.165) is 32.2 Å². The van der Waals surface area contributed by atoms with Crippen molar-refractivity contribution < 1.29 is 4.79 Å². The van der Waals surface area contributed by atoms with Crippen LogP contribution in [0.2, 0.25) is 0 Å². The van der Waals surface area contributed by atoms with Crippen LogP contribution < -0.4 is 5.32 Å². The average Bonchev–Trinajstić information content (AvgIpc) is 2.37. The highest BCUT2D eigenvalue weighted by Gasteiger charge is 2.24. The third kappa shape index (κ3) is 5.29. The largest absolute Gasteiger partial charge is 0.356 e. The van der Waals surface area contributed by atoms with Crippen LogP contribution in [0.1, 0.15) is 65.2 Å². The van der Waals surface area contributed by atoms with Gasteiger partial charge in [-0.2, -0.15) is 0 Å². The van der Waals surface area contributed by atoms with Crippen molar-refractivity contribution in [1.82, 2.24) is 5.32 Å². The summed E-state index contributed by atoms with van der Waals surface area (Å²) in [5.74, 6) is 1.15. The van der Waals surface area contributed by atoms with Crippen molar-refractivity contribution in [3.05, 3.63) is 0 Å². The zero-order valence-electron chi connectivity index (χ0n) is 11.9.